The molecule has 0 atom stereocenters. The van der Waals surface area contributed by atoms with Crippen molar-refractivity contribution in [3.63, 3.8) is 0 Å². The minimum Gasteiger partial charge on any atom is -0.353 e. The molecule has 3 rings (SSSR count). The standard InChI is InChI=1S/C20H27N5O/c1-20(2,3)16-7-5-15(6-8-16)19(26)21-17-9-10-18(23-22-17)25-13-11-24(4)12-14-25/h5-10H,11-14H2,1-4H3,(H,21,22,26). The quantitative estimate of drug-likeness (QED) is 0.919. The summed E-state index contributed by atoms with van der Waals surface area (Å²) in [6.07, 6.45) is 0. The summed E-state index contributed by atoms with van der Waals surface area (Å²) < 4.78 is 0. The number of nitrogens with one attached hydrogen (secondary N) is 1. The second kappa shape index (κ2) is 7.41. The van der Waals surface area contributed by atoms with E-state index in [1.807, 2.05) is 36.4 Å². The SMILES string of the molecule is CN1CCN(c2ccc(NC(=O)c3ccc(C(C)(C)C)cc3)nn2)CC1. The van der Waals surface area contributed by atoms with E-state index in [-0.39, 0.29) is 11.3 Å². The Labute approximate surface area is 155 Å². The van der Waals surface area contributed by atoms with Crippen LogP contribution in [0, 0.1) is 0 Å². The molecule has 6 nitrogen and oxygen atoms in total. The van der Waals surface area contributed by atoms with Gasteiger partial charge in [0.05, 0.1) is 0 Å². The molecule has 0 saturated carbocycles. The van der Waals surface area contributed by atoms with Crippen molar-refractivity contribution in [2.75, 3.05) is 43.4 Å². The van der Waals surface area contributed by atoms with Crippen molar-refractivity contribution in [2.24, 2.45) is 0 Å². The molecule has 0 unspecified atom stereocenters. The monoisotopic (exact) mass is 353 g/mol. The Morgan fingerprint density at radius 1 is 0.962 bits per heavy atom. The van der Waals surface area contributed by atoms with Gasteiger partial charge < -0.3 is 15.1 Å². The van der Waals surface area contributed by atoms with Gasteiger partial charge in [-0.1, -0.05) is 32.9 Å². The zero-order valence-corrected chi connectivity index (χ0v) is 16.0. The first kappa shape index (κ1) is 18.3. The van der Waals surface area contributed by atoms with E-state index in [0.717, 1.165) is 32.0 Å². The molecule has 0 spiro atoms. The molecule has 1 fully saturated rings. The Hall–Kier alpha value is -2.47. The highest BCUT2D eigenvalue weighted by Gasteiger charge is 2.17. The first-order chi connectivity index (χ1) is 12.3. The average molecular weight is 353 g/mol. The van der Waals surface area contributed by atoms with Crippen LogP contribution in [-0.2, 0) is 5.41 Å². The summed E-state index contributed by atoms with van der Waals surface area (Å²) in [6.45, 7) is 10.4. The van der Waals surface area contributed by atoms with Crippen LogP contribution >= 0.6 is 0 Å². The normalized spacial score (nSPS) is 15.8. The second-order valence-corrected chi connectivity index (χ2v) is 7.85. The molecule has 6 heteroatoms. The number of carbonyl (C=O) groups is 1. The Bertz CT molecular complexity index is 741. The minimum atomic E-state index is -0.174. The summed E-state index contributed by atoms with van der Waals surface area (Å²) in [5, 5.41) is 11.2. The van der Waals surface area contributed by atoms with Gasteiger partial charge in [0, 0.05) is 31.7 Å². The van der Waals surface area contributed by atoms with Gasteiger partial charge in [0.2, 0.25) is 0 Å². The maximum Gasteiger partial charge on any atom is 0.256 e. The molecule has 1 saturated heterocycles. The van der Waals surface area contributed by atoms with E-state index in [2.05, 4.69) is 53.1 Å². The van der Waals surface area contributed by atoms with Crippen molar-refractivity contribution < 1.29 is 4.79 Å². The fourth-order valence-electron chi connectivity index (χ4n) is 2.91. The molecule has 138 valence electrons. The van der Waals surface area contributed by atoms with E-state index in [1.165, 1.54) is 5.56 Å². The third kappa shape index (κ3) is 4.38. The van der Waals surface area contributed by atoms with E-state index >= 15 is 0 Å². The van der Waals surface area contributed by atoms with Crippen LogP contribution in [0.25, 0.3) is 0 Å². The van der Waals surface area contributed by atoms with E-state index in [0.29, 0.717) is 11.4 Å². The Morgan fingerprint density at radius 3 is 2.15 bits per heavy atom. The molecule has 0 radical (unpaired) electrons. The highest BCUT2D eigenvalue weighted by Crippen LogP contribution is 2.22. The lowest BCUT2D eigenvalue weighted by molar-refractivity contribution is 0.102. The van der Waals surface area contributed by atoms with Crippen molar-refractivity contribution in [1.29, 1.82) is 0 Å². The van der Waals surface area contributed by atoms with Gasteiger partial charge in [-0.2, -0.15) is 0 Å². The molecule has 26 heavy (non-hydrogen) atoms. The Kier molecular flexibility index (Phi) is 5.23. The maximum absolute atomic E-state index is 12.4. The van der Waals surface area contributed by atoms with Crippen molar-refractivity contribution in [1.82, 2.24) is 15.1 Å². The number of nitrogens with zero attached hydrogens (tertiary/aromatic N) is 4. The van der Waals surface area contributed by atoms with Crippen LogP contribution in [0.3, 0.4) is 0 Å². The number of likely N-dealkylation sites (N-methyl/N-ethyl adjacent to an activating group) is 1. The topological polar surface area (TPSA) is 61.4 Å². The highest BCUT2D eigenvalue weighted by atomic mass is 16.1. The zero-order valence-electron chi connectivity index (χ0n) is 16.0. The minimum absolute atomic E-state index is 0.0690. The highest BCUT2D eigenvalue weighted by molar-refractivity contribution is 6.03. The number of aromatic nitrogens is 2. The molecule has 1 aromatic carbocycles. The van der Waals surface area contributed by atoms with Gasteiger partial charge in [-0.3, -0.25) is 4.79 Å². The largest absolute Gasteiger partial charge is 0.353 e. The summed E-state index contributed by atoms with van der Waals surface area (Å²) in [5.74, 6) is 1.14. The summed E-state index contributed by atoms with van der Waals surface area (Å²) in [7, 11) is 2.12. The van der Waals surface area contributed by atoms with Gasteiger partial charge in [-0.15, -0.1) is 10.2 Å². The lowest BCUT2D eigenvalue weighted by Gasteiger charge is -2.32. The molecular weight excluding hydrogens is 326 g/mol. The van der Waals surface area contributed by atoms with E-state index in [1.54, 1.807) is 0 Å². The van der Waals surface area contributed by atoms with Crippen molar-refractivity contribution in [2.45, 2.75) is 26.2 Å². The third-order valence-corrected chi connectivity index (χ3v) is 4.73. The molecule has 0 bridgehead atoms. The predicted molar refractivity (Wildman–Crippen MR) is 105 cm³/mol. The number of carbonyl (C=O) groups excluding carboxylic acids is 1. The van der Waals surface area contributed by atoms with Crippen LogP contribution in [-0.4, -0.2) is 54.2 Å². The first-order valence-electron chi connectivity index (χ1n) is 9.02. The number of rotatable bonds is 3. The fraction of sp³-hybridized carbons (Fsp3) is 0.450. The maximum atomic E-state index is 12.4. The molecule has 1 aromatic heterocycles. The molecule has 2 heterocycles. The predicted octanol–water partition coefficient (Wildman–Crippen LogP) is 2.78. The Balaban J connectivity index is 1.62. The van der Waals surface area contributed by atoms with Crippen LogP contribution in [0.15, 0.2) is 36.4 Å². The molecule has 1 N–H and O–H groups in total. The van der Waals surface area contributed by atoms with Gasteiger partial charge >= 0.3 is 0 Å². The lowest BCUT2D eigenvalue weighted by Crippen LogP contribution is -2.44. The Morgan fingerprint density at radius 2 is 1.62 bits per heavy atom. The van der Waals surface area contributed by atoms with Crippen LogP contribution in [0.5, 0.6) is 0 Å². The van der Waals surface area contributed by atoms with Crippen molar-refractivity contribution in [3.05, 3.63) is 47.5 Å². The summed E-state index contributed by atoms with van der Waals surface area (Å²) >= 11 is 0. The molecule has 1 aliphatic rings. The van der Waals surface area contributed by atoms with E-state index < -0.39 is 0 Å². The van der Waals surface area contributed by atoms with Gasteiger partial charge in [-0.05, 0) is 42.3 Å². The summed E-state index contributed by atoms with van der Waals surface area (Å²) in [4.78, 5) is 16.9. The fourth-order valence-corrected chi connectivity index (χ4v) is 2.91. The van der Waals surface area contributed by atoms with Crippen molar-refractivity contribution >= 4 is 17.5 Å². The molecule has 1 aliphatic heterocycles. The van der Waals surface area contributed by atoms with Gasteiger partial charge in [0.25, 0.3) is 5.91 Å². The van der Waals surface area contributed by atoms with Gasteiger partial charge in [-0.25, -0.2) is 0 Å². The summed E-state index contributed by atoms with van der Waals surface area (Å²) in [5.41, 5.74) is 1.88. The van der Waals surface area contributed by atoms with E-state index in [9.17, 15) is 4.79 Å². The van der Waals surface area contributed by atoms with E-state index in [4.69, 9.17) is 0 Å². The third-order valence-electron chi connectivity index (χ3n) is 4.73. The van der Waals surface area contributed by atoms with Crippen LogP contribution in [0.1, 0.15) is 36.7 Å². The number of amides is 1. The number of piperazine rings is 1. The lowest BCUT2D eigenvalue weighted by atomic mass is 9.87. The average Bonchev–Trinajstić information content (AvgIpc) is 2.62. The molecular formula is C20H27N5O. The second-order valence-electron chi connectivity index (χ2n) is 7.85. The summed E-state index contributed by atoms with van der Waals surface area (Å²) in [6, 6.07) is 11.4. The number of benzene rings is 1. The molecule has 1 amide bonds. The number of anilines is 2. The van der Waals surface area contributed by atoms with Crippen LogP contribution in [0.4, 0.5) is 11.6 Å². The number of hydrogen-bond donors (Lipinski definition) is 1. The van der Waals surface area contributed by atoms with Gasteiger partial charge in [0.1, 0.15) is 0 Å². The van der Waals surface area contributed by atoms with Crippen LogP contribution in [0.2, 0.25) is 0 Å². The molecule has 0 aliphatic carbocycles. The van der Waals surface area contributed by atoms with Crippen molar-refractivity contribution in [3.8, 4) is 0 Å². The number of hydrogen-bond acceptors (Lipinski definition) is 5. The first-order valence-corrected chi connectivity index (χ1v) is 9.02. The van der Waals surface area contributed by atoms with Gasteiger partial charge in [0.15, 0.2) is 11.6 Å². The zero-order chi connectivity index (χ0) is 18.7. The van der Waals surface area contributed by atoms with Crippen LogP contribution < -0.4 is 10.2 Å². The smallest absolute Gasteiger partial charge is 0.256 e. The molecule has 2 aromatic rings.